The van der Waals surface area contributed by atoms with E-state index in [0.717, 1.165) is 29.9 Å². The van der Waals surface area contributed by atoms with Crippen LogP contribution < -0.4 is 4.74 Å². The van der Waals surface area contributed by atoms with Gasteiger partial charge in [-0.05, 0) is 34.8 Å². The number of fused-ring (bicyclic) bond motifs is 1. The molecule has 1 aliphatic heterocycles. The highest BCUT2D eigenvalue weighted by Crippen LogP contribution is 2.27. The molecule has 2 nitrogen and oxygen atoms in total. The number of aliphatic hydroxyl groups is 1. The first kappa shape index (κ1) is 11.2. The fourth-order valence-electron chi connectivity index (χ4n) is 1.91. The summed E-state index contributed by atoms with van der Waals surface area (Å²) in [6.07, 6.45) is 3.07. The number of benzene rings is 1. The third-order valence-electron chi connectivity index (χ3n) is 2.99. The van der Waals surface area contributed by atoms with E-state index in [9.17, 15) is 5.11 Å². The molecular formula is C14H18O2. The van der Waals surface area contributed by atoms with Gasteiger partial charge < -0.3 is 9.84 Å². The third kappa shape index (κ3) is 2.27. The van der Waals surface area contributed by atoms with Crippen LogP contribution in [0.2, 0.25) is 0 Å². The van der Waals surface area contributed by atoms with E-state index >= 15 is 0 Å². The van der Waals surface area contributed by atoms with Crippen molar-refractivity contribution in [3.63, 3.8) is 0 Å². The van der Waals surface area contributed by atoms with Crippen molar-refractivity contribution in [2.24, 2.45) is 5.92 Å². The van der Waals surface area contributed by atoms with E-state index < -0.39 is 0 Å². The molecule has 1 aromatic carbocycles. The Kier molecular flexibility index (Phi) is 3.30. The zero-order valence-corrected chi connectivity index (χ0v) is 9.86. The minimum atomic E-state index is 0.130. The fraction of sp³-hybridized carbons (Fsp3) is 0.429. The van der Waals surface area contributed by atoms with E-state index in [-0.39, 0.29) is 6.61 Å². The molecule has 86 valence electrons. The van der Waals surface area contributed by atoms with Crippen LogP contribution >= 0.6 is 0 Å². The van der Waals surface area contributed by atoms with E-state index in [1.807, 2.05) is 12.1 Å². The number of hydrogen-bond acceptors (Lipinski definition) is 2. The van der Waals surface area contributed by atoms with Crippen molar-refractivity contribution >= 4 is 6.08 Å². The smallest absolute Gasteiger partial charge is 0.122 e. The normalized spacial score (nSPS) is 15.1. The summed E-state index contributed by atoms with van der Waals surface area (Å²) in [7, 11) is 0. The first-order chi connectivity index (χ1) is 7.70. The topological polar surface area (TPSA) is 29.5 Å². The maximum Gasteiger partial charge on any atom is 0.122 e. The van der Waals surface area contributed by atoms with E-state index in [4.69, 9.17) is 4.74 Å². The summed E-state index contributed by atoms with van der Waals surface area (Å²) in [6, 6.07) is 6.21. The molecule has 0 bridgehead atoms. The summed E-state index contributed by atoms with van der Waals surface area (Å²) in [6.45, 7) is 5.11. The van der Waals surface area contributed by atoms with Gasteiger partial charge in [-0.25, -0.2) is 0 Å². The second kappa shape index (κ2) is 4.71. The predicted molar refractivity (Wildman–Crippen MR) is 65.5 cm³/mol. The lowest BCUT2D eigenvalue weighted by atomic mass is 10.00. The van der Waals surface area contributed by atoms with Gasteiger partial charge in [0.05, 0.1) is 13.2 Å². The van der Waals surface area contributed by atoms with Crippen LogP contribution in [0, 0.1) is 5.92 Å². The summed E-state index contributed by atoms with van der Waals surface area (Å²) < 4.78 is 5.46. The monoisotopic (exact) mass is 218 g/mol. The zero-order valence-electron chi connectivity index (χ0n) is 9.86. The van der Waals surface area contributed by atoms with Gasteiger partial charge in [0.25, 0.3) is 0 Å². The third-order valence-corrected chi connectivity index (χ3v) is 2.99. The largest absolute Gasteiger partial charge is 0.493 e. The molecule has 0 aliphatic carbocycles. The van der Waals surface area contributed by atoms with E-state index in [2.05, 4.69) is 26.0 Å². The highest BCUT2D eigenvalue weighted by Gasteiger charge is 2.11. The Morgan fingerprint density at radius 1 is 1.50 bits per heavy atom. The Hall–Kier alpha value is -1.28. The molecule has 1 aliphatic rings. The fourth-order valence-corrected chi connectivity index (χ4v) is 1.91. The highest BCUT2D eigenvalue weighted by molar-refractivity contribution is 5.57. The van der Waals surface area contributed by atoms with Crippen LogP contribution in [-0.4, -0.2) is 18.3 Å². The molecule has 2 rings (SSSR count). The lowest BCUT2D eigenvalue weighted by Gasteiger charge is -2.08. The lowest BCUT2D eigenvalue weighted by molar-refractivity contribution is 0.320. The van der Waals surface area contributed by atoms with Crippen LogP contribution in [0.15, 0.2) is 23.8 Å². The molecule has 0 fully saturated rings. The van der Waals surface area contributed by atoms with Crippen LogP contribution in [0.5, 0.6) is 5.75 Å². The van der Waals surface area contributed by atoms with Gasteiger partial charge in [0, 0.05) is 6.42 Å². The van der Waals surface area contributed by atoms with Crippen molar-refractivity contribution in [1.82, 2.24) is 0 Å². The van der Waals surface area contributed by atoms with Crippen molar-refractivity contribution in [2.75, 3.05) is 13.2 Å². The Morgan fingerprint density at radius 3 is 3.00 bits per heavy atom. The van der Waals surface area contributed by atoms with Gasteiger partial charge in [0.2, 0.25) is 0 Å². The molecule has 0 radical (unpaired) electrons. The molecule has 1 N–H and O–H groups in total. The first-order valence-electron chi connectivity index (χ1n) is 5.77. The molecule has 0 aromatic heterocycles. The van der Waals surface area contributed by atoms with E-state index in [1.54, 1.807) is 0 Å². The van der Waals surface area contributed by atoms with Gasteiger partial charge in [-0.2, -0.15) is 0 Å². The maximum absolute atomic E-state index is 9.26. The molecule has 16 heavy (non-hydrogen) atoms. The van der Waals surface area contributed by atoms with Gasteiger partial charge >= 0.3 is 0 Å². The van der Waals surface area contributed by atoms with Gasteiger partial charge in [0.1, 0.15) is 5.75 Å². The second-order valence-electron chi connectivity index (χ2n) is 4.50. The van der Waals surface area contributed by atoms with Crippen molar-refractivity contribution in [2.45, 2.75) is 20.3 Å². The van der Waals surface area contributed by atoms with Crippen molar-refractivity contribution < 1.29 is 9.84 Å². The van der Waals surface area contributed by atoms with Crippen molar-refractivity contribution in [3.05, 3.63) is 34.9 Å². The lowest BCUT2D eigenvalue weighted by Crippen LogP contribution is -1.98. The van der Waals surface area contributed by atoms with E-state index in [0.29, 0.717) is 5.92 Å². The van der Waals surface area contributed by atoms with Crippen LogP contribution in [-0.2, 0) is 6.42 Å². The van der Waals surface area contributed by atoms with Gasteiger partial charge in [0.15, 0.2) is 0 Å². The number of rotatable bonds is 3. The quantitative estimate of drug-likeness (QED) is 0.845. The van der Waals surface area contributed by atoms with Crippen molar-refractivity contribution in [1.29, 1.82) is 0 Å². The first-order valence-corrected chi connectivity index (χ1v) is 5.77. The number of ether oxygens (including phenoxy) is 1. The SMILES string of the molecule is CC(C)C(=Cc1ccc2c(c1)CCO2)CO. The molecule has 0 amide bonds. The van der Waals surface area contributed by atoms with Crippen LogP contribution in [0.3, 0.4) is 0 Å². The van der Waals surface area contributed by atoms with E-state index in [1.165, 1.54) is 5.56 Å². The average Bonchev–Trinajstić information content (AvgIpc) is 2.72. The molecule has 2 heteroatoms. The summed E-state index contributed by atoms with van der Waals surface area (Å²) in [5.41, 5.74) is 3.50. The zero-order chi connectivity index (χ0) is 11.5. The summed E-state index contributed by atoms with van der Waals surface area (Å²) in [4.78, 5) is 0. The van der Waals surface area contributed by atoms with Crippen molar-refractivity contribution in [3.8, 4) is 5.75 Å². The molecule has 0 atom stereocenters. The van der Waals surface area contributed by atoms with Gasteiger partial charge in [-0.1, -0.05) is 26.0 Å². The maximum atomic E-state index is 9.26. The molecule has 1 heterocycles. The molecular weight excluding hydrogens is 200 g/mol. The standard InChI is InChI=1S/C14H18O2/c1-10(2)13(9-15)8-11-3-4-14-12(7-11)5-6-16-14/h3-4,7-8,10,15H,5-6,9H2,1-2H3. The summed E-state index contributed by atoms with van der Waals surface area (Å²) in [5.74, 6) is 1.39. The highest BCUT2D eigenvalue weighted by atomic mass is 16.5. The summed E-state index contributed by atoms with van der Waals surface area (Å²) >= 11 is 0. The van der Waals surface area contributed by atoms with Crippen LogP contribution in [0.4, 0.5) is 0 Å². The molecule has 1 aromatic rings. The molecule has 0 unspecified atom stereocenters. The minimum absolute atomic E-state index is 0.130. The van der Waals surface area contributed by atoms with Crippen LogP contribution in [0.1, 0.15) is 25.0 Å². The predicted octanol–water partition coefficient (Wildman–Crippen LogP) is 2.65. The Bertz CT molecular complexity index is 405. The second-order valence-corrected chi connectivity index (χ2v) is 4.50. The Labute approximate surface area is 96.6 Å². The van der Waals surface area contributed by atoms with Gasteiger partial charge in [-0.3, -0.25) is 0 Å². The Morgan fingerprint density at radius 2 is 2.31 bits per heavy atom. The summed E-state index contributed by atoms with van der Waals surface area (Å²) in [5, 5.41) is 9.26. The number of hydrogen-bond donors (Lipinski definition) is 1. The number of aliphatic hydroxyl groups excluding tert-OH is 1. The molecule has 0 saturated heterocycles. The average molecular weight is 218 g/mol. The van der Waals surface area contributed by atoms with Crippen LogP contribution in [0.25, 0.3) is 6.08 Å². The minimum Gasteiger partial charge on any atom is -0.493 e. The molecule has 0 saturated carbocycles. The Balaban J connectivity index is 2.28. The molecule has 0 spiro atoms. The van der Waals surface area contributed by atoms with Gasteiger partial charge in [-0.15, -0.1) is 0 Å².